The van der Waals surface area contributed by atoms with Crippen LogP contribution in [0.5, 0.6) is 0 Å². The van der Waals surface area contributed by atoms with Crippen LogP contribution in [-0.4, -0.2) is 53.3 Å². The molecular formula is C15H23F2N3O2. The van der Waals surface area contributed by atoms with E-state index in [0.717, 1.165) is 30.5 Å². The molecule has 1 saturated heterocycles. The molecule has 124 valence electrons. The molecule has 2 N–H and O–H groups in total. The summed E-state index contributed by atoms with van der Waals surface area (Å²) in [6.07, 6.45) is 2.02. The molecule has 0 radical (unpaired) electrons. The highest BCUT2D eigenvalue weighted by atomic mass is 19.3. The molecule has 7 heteroatoms. The largest absolute Gasteiger partial charge is 0.395 e. The minimum atomic E-state index is -2.72. The van der Waals surface area contributed by atoms with Gasteiger partial charge in [-0.15, -0.1) is 0 Å². The first-order valence-electron chi connectivity index (χ1n) is 7.60. The number of β-amino-alcohol motifs (C(OH)–C–C–N with tert-alkyl or cyclic N) is 1. The summed E-state index contributed by atoms with van der Waals surface area (Å²) < 4.78 is 26.7. The van der Waals surface area contributed by atoms with Gasteiger partial charge in [-0.1, -0.05) is 0 Å². The van der Waals surface area contributed by atoms with Crippen LogP contribution in [0.25, 0.3) is 0 Å². The highest BCUT2D eigenvalue weighted by Crippen LogP contribution is 2.19. The third-order valence-corrected chi connectivity index (χ3v) is 4.12. The van der Waals surface area contributed by atoms with Crippen molar-refractivity contribution in [3.63, 3.8) is 0 Å². The third kappa shape index (κ3) is 4.04. The number of carbonyl (C=O) groups excluding carboxylic acids is 1. The summed E-state index contributed by atoms with van der Waals surface area (Å²) in [5.41, 5.74) is 0.363. The maximum Gasteiger partial charge on any atom is 0.319 e. The summed E-state index contributed by atoms with van der Waals surface area (Å²) in [6, 6.07) is 2.94. The zero-order chi connectivity index (χ0) is 16.1. The van der Waals surface area contributed by atoms with E-state index in [1.807, 2.05) is 0 Å². The highest BCUT2D eigenvalue weighted by Gasteiger charge is 2.22. The quantitative estimate of drug-likeness (QED) is 0.839. The van der Waals surface area contributed by atoms with Crippen LogP contribution in [0.15, 0.2) is 12.1 Å². The van der Waals surface area contributed by atoms with E-state index < -0.39 is 12.5 Å². The van der Waals surface area contributed by atoms with Crippen LogP contribution in [-0.2, 0) is 0 Å². The predicted octanol–water partition coefficient (Wildman–Crippen LogP) is 1.63. The molecule has 1 atom stereocenters. The lowest BCUT2D eigenvalue weighted by molar-refractivity contribution is 0.0614. The highest BCUT2D eigenvalue weighted by molar-refractivity contribution is 5.92. The molecule has 0 aromatic carbocycles. The number of aromatic nitrogens is 1. The molecule has 0 saturated carbocycles. The van der Waals surface area contributed by atoms with E-state index in [4.69, 9.17) is 5.11 Å². The molecule has 1 aliphatic rings. The summed E-state index contributed by atoms with van der Waals surface area (Å²) in [5, 5.41) is 11.7. The van der Waals surface area contributed by atoms with Gasteiger partial charge in [0.2, 0.25) is 0 Å². The third-order valence-electron chi connectivity index (χ3n) is 4.12. The van der Waals surface area contributed by atoms with Crippen LogP contribution >= 0.6 is 0 Å². The predicted molar refractivity (Wildman–Crippen MR) is 79.0 cm³/mol. The first kappa shape index (κ1) is 16.9. The van der Waals surface area contributed by atoms with Gasteiger partial charge in [0.1, 0.15) is 5.69 Å². The second kappa shape index (κ2) is 7.69. The lowest BCUT2D eigenvalue weighted by atomic mass is 9.98. The monoisotopic (exact) mass is 315 g/mol. The fraction of sp³-hybridized carbons (Fsp3) is 0.667. The van der Waals surface area contributed by atoms with Gasteiger partial charge in [-0.05, 0) is 44.4 Å². The Morgan fingerprint density at radius 2 is 2.27 bits per heavy atom. The summed E-state index contributed by atoms with van der Waals surface area (Å²) >= 11 is 0. The average Bonchev–Trinajstić information content (AvgIpc) is 2.87. The van der Waals surface area contributed by atoms with Crippen LogP contribution in [0.1, 0.15) is 35.6 Å². The minimum absolute atomic E-state index is 0.00414. The fourth-order valence-corrected chi connectivity index (χ4v) is 2.98. The van der Waals surface area contributed by atoms with E-state index >= 15 is 0 Å². The van der Waals surface area contributed by atoms with Crippen molar-refractivity contribution in [2.45, 2.75) is 26.3 Å². The van der Waals surface area contributed by atoms with Gasteiger partial charge >= 0.3 is 6.55 Å². The molecule has 1 unspecified atom stereocenters. The number of aliphatic hydroxyl groups excluding tert-OH is 1. The number of aliphatic hydroxyl groups is 1. The topological polar surface area (TPSA) is 57.5 Å². The second-order valence-corrected chi connectivity index (χ2v) is 5.75. The number of amides is 1. The standard InChI is InChI=1S/C15H23F2N3O2/c1-11-4-5-13(20(11)15(16)17)14(22)18-9-12-3-2-6-19(10-12)7-8-21/h4-5,12,15,21H,2-3,6-10H2,1H3,(H,18,22). The van der Waals surface area contributed by atoms with Crippen molar-refractivity contribution >= 4 is 5.91 Å². The van der Waals surface area contributed by atoms with Gasteiger partial charge in [0.15, 0.2) is 0 Å². The molecule has 22 heavy (non-hydrogen) atoms. The van der Waals surface area contributed by atoms with Crippen molar-refractivity contribution < 1.29 is 18.7 Å². The van der Waals surface area contributed by atoms with E-state index in [9.17, 15) is 13.6 Å². The van der Waals surface area contributed by atoms with Crippen molar-refractivity contribution in [2.24, 2.45) is 5.92 Å². The zero-order valence-corrected chi connectivity index (χ0v) is 12.8. The maximum absolute atomic E-state index is 13.0. The molecule has 2 rings (SSSR count). The van der Waals surface area contributed by atoms with Gasteiger partial charge in [0.25, 0.3) is 5.91 Å². The number of piperidine rings is 1. The Hall–Kier alpha value is -1.47. The average molecular weight is 315 g/mol. The summed E-state index contributed by atoms with van der Waals surface area (Å²) in [4.78, 5) is 14.3. The van der Waals surface area contributed by atoms with Crippen LogP contribution in [0.4, 0.5) is 8.78 Å². The number of aryl methyl sites for hydroxylation is 1. The Morgan fingerprint density at radius 3 is 2.95 bits per heavy atom. The number of alkyl halides is 2. The number of hydrogen-bond donors (Lipinski definition) is 2. The molecule has 0 aliphatic carbocycles. The van der Waals surface area contributed by atoms with Gasteiger partial charge in [0, 0.05) is 25.3 Å². The SMILES string of the molecule is Cc1ccc(C(=O)NCC2CCCN(CCO)C2)n1C(F)F. The normalized spacial score (nSPS) is 19.6. The Balaban J connectivity index is 1.90. The number of carbonyl (C=O) groups is 1. The van der Waals surface area contributed by atoms with E-state index in [2.05, 4.69) is 10.2 Å². The Morgan fingerprint density at radius 1 is 1.50 bits per heavy atom. The van der Waals surface area contributed by atoms with E-state index in [0.29, 0.717) is 24.7 Å². The first-order chi connectivity index (χ1) is 10.5. The van der Waals surface area contributed by atoms with Crippen LogP contribution in [0.3, 0.4) is 0 Å². The van der Waals surface area contributed by atoms with Crippen molar-refractivity contribution in [1.29, 1.82) is 0 Å². The van der Waals surface area contributed by atoms with Gasteiger partial charge in [-0.2, -0.15) is 8.78 Å². The van der Waals surface area contributed by atoms with E-state index in [-0.39, 0.29) is 12.3 Å². The number of nitrogens with one attached hydrogen (secondary N) is 1. The molecule has 1 aromatic rings. The molecule has 1 amide bonds. The number of hydrogen-bond acceptors (Lipinski definition) is 3. The number of nitrogens with zero attached hydrogens (tertiary/aromatic N) is 2. The summed E-state index contributed by atoms with van der Waals surface area (Å²) in [5.74, 6) is -0.173. The smallest absolute Gasteiger partial charge is 0.319 e. The molecule has 1 aliphatic heterocycles. The maximum atomic E-state index is 13.0. The Bertz CT molecular complexity index is 503. The van der Waals surface area contributed by atoms with E-state index in [1.165, 1.54) is 12.1 Å². The summed E-state index contributed by atoms with van der Waals surface area (Å²) in [7, 11) is 0. The van der Waals surface area contributed by atoms with Crippen LogP contribution < -0.4 is 5.32 Å². The zero-order valence-electron chi connectivity index (χ0n) is 12.8. The molecule has 0 spiro atoms. The molecule has 0 bridgehead atoms. The van der Waals surface area contributed by atoms with Gasteiger partial charge in [0.05, 0.1) is 6.61 Å². The van der Waals surface area contributed by atoms with Gasteiger partial charge in [-0.3, -0.25) is 9.36 Å². The lowest BCUT2D eigenvalue weighted by Crippen LogP contribution is -2.42. The lowest BCUT2D eigenvalue weighted by Gasteiger charge is -2.32. The molecular weight excluding hydrogens is 292 g/mol. The molecule has 1 fully saturated rings. The van der Waals surface area contributed by atoms with Crippen LogP contribution in [0, 0.1) is 12.8 Å². The van der Waals surface area contributed by atoms with Crippen molar-refractivity contribution in [1.82, 2.24) is 14.8 Å². The molecule has 1 aromatic heterocycles. The Labute approximate surface area is 128 Å². The van der Waals surface area contributed by atoms with E-state index in [1.54, 1.807) is 6.92 Å². The molecule has 5 nitrogen and oxygen atoms in total. The van der Waals surface area contributed by atoms with Gasteiger partial charge < -0.3 is 15.3 Å². The van der Waals surface area contributed by atoms with Crippen molar-refractivity contribution in [2.75, 3.05) is 32.8 Å². The molecule has 2 heterocycles. The first-order valence-corrected chi connectivity index (χ1v) is 7.60. The van der Waals surface area contributed by atoms with Crippen molar-refractivity contribution in [3.8, 4) is 0 Å². The van der Waals surface area contributed by atoms with Gasteiger partial charge in [-0.25, -0.2) is 0 Å². The number of halogens is 2. The second-order valence-electron chi connectivity index (χ2n) is 5.75. The minimum Gasteiger partial charge on any atom is -0.395 e. The van der Waals surface area contributed by atoms with Crippen molar-refractivity contribution in [3.05, 3.63) is 23.5 Å². The fourth-order valence-electron chi connectivity index (χ4n) is 2.98. The van der Waals surface area contributed by atoms with Crippen LogP contribution in [0.2, 0.25) is 0 Å². The number of rotatable bonds is 6. The Kier molecular flexibility index (Phi) is 5.90. The summed E-state index contributed by atoms with van der Waals surface area (Å²) in [6.45, 7) is 1.84. The number of likely N-dealkylation sites (tertiary alicyclic amines) is 1.